The normalized spacial score (nSPS) is 12.7. The smallest absolute Gasteiger partial charge is 0.162 e. The quantitative estimate of drug-likeness (QED) is 0.323. The number of nitrogens with zero attached hydrogens (tertiary/aromatic N) is 4. The van der Waals surface area contributed by atoms with Crippen molar-refractivity contribution in [1.29, 1.82) is 0 Å². The Bertz CT molecular complexity index is 1410. The number of nitrogens with one attached hydrogen (secondary N) is 2. The standard InChI is InChI=1S/C27H24N6OS/c1-35(34)33-21-14-12-20(13-15-21)25-31-24-11-6-5-10-22(24)27(32-25)30-18-23(19-8-3-2-4-9-19)26-28-16-7-17-29-26/h2-17,23,33H,18H2,1H3,(H,30,31,32). The summed E-state index contributed by atoms with van der Waals surface area (Å²) in [6.07, 6.45) is 5.13. The van der Waals surface area contributed by atoms with Gasteiger partial charge in [-0.2, -0.15) is 0 Å². The average Bonchev–Trinajstić information content (AvgIpc) is 2.90. The van der Waals surface area contributed by atoms with Crippen LogP contribution in [0.3, 0.4) is 0 Å². The molecule has 7 nitrogen and oxygen atoms in total. The van der Waals surface area contributed by atoms with E-state index in [0.717, 1.165) is 39.4 Å². The second kappa shape index (κ2) is 10.4. The van der Waals surface area contributed by atoms with Gasteiger partial charge in [-0.05, 0) is 48.0 Å². The van der Waals surface area contributed by atoms with Crippen LogP contribution in [0.4, 0.5) is 11.5 Å². The van der Waals surface area contributed by atoms with Crippen molar-refractivity contribution in [2.75, 3.05) is 22.8 Å². The summed E-state index contributed by atoms with van der Waals surface area (Å²) in [5, 5.41) is 4.49. The van der Waals surface area contributed by atoms with E-state index >= 15 is 0 Å². The second-order valence-electron chi connectivity index (χ2n) is 8.00. The van der Waals surface area contributed by atoms with E-state index < -0.39 is 11.0 Å². The highest BCUT2D eigenvalue weighted by molar-refractivity contribution is 7.85. The van der Waals surface area contributed by atoms with Gasteiger partial charge in [-0.3, -0.25) is 0 Å². The van der Waals surface area contributed by atoms with Gasteiger partial charge in [0.15, 0.2) is 5.82 Å². The molecule has 2 heterocycles. The number of benzene rings is 3. The lowest BCUT2D eigenvalue weighted by atomic mass is 9.98. The average molecular weight is 481 g/mol. The molecule has 2 aromatic heterocycles. The molecule has 0 saturated carbocycles. The molecule has 0 aliphatic heterocycles. The minimum Gasteiger partial charge on any atom is -0.368 e. The van der Waals surface area contributed by atoms with Crippen molar-refractivity contribution in [3.05, 3.63) is 109 Å². The van der Waals surface area contributed by atoms with Crippen LogP contribution in [0.25, 0.3) is 22.3 Å². The first-order valence-corrected chi connectivity index (χ1v) is 12.8. The van der Waals surface area contributed by atoms with Crippen LogP contribution < -0.4 is 10.0 Å². The Labute approximate surface area is 206 Å². The Balaban J connectivity index is 1.49. The third-order valence-electron chi connectivity index (χ3n) is 5.58. The molecular weight excluding hydrogens is 456 g/mol. The highest BCUT2D eigenvalue weighted by atomic mass is 32.2. The molecule has 5 aromatic rings. The van der Waals surface area contributed by atoms with Crippen LogP contribution in [-0.2, 0) is 11.0 Å². The zero-order chi connectivity index (χ0) is 24.0. The van der Waals surface area contributed by atoms with Gasteiger partial charge >= 0.3 is 0 Å². The Morgan fingerprint density at radius 1 is 0.829 bits per heavy atom. The number of rotatable bonds is 8. The number of fused-ring (bicyclic) bond motifs is 1. The summed E-state index contributed by atoms with van der Waals surface area (Å²) in [7, 11) is -1.13. The number of hydrogen-bond donors (Lipinski definition) is 2. The van der Waals surface area contributed by atoms with E-state index in [1.54, 1.807) is 18.6 Å². The Kier molecular flexibility index (Phi) is 6.72. The molecule has 2 N–H and O–H groups in total. The molecule has 0 fully saturated rings. The largest absolute Gasteiger partial charge is 0.368 e. The van der Waals surface area contributed by atoms with E-state index in [4.69, 9.17) is 9.97 Å². The monoisotopic (exact) mass is 480 g/mol. The summed E-state index contributed by atoms with van der Waals surface area (Å²) >= 11 is 0. The van der Waals surface area contributed by atoms with Crippen LogP contribution in [0.15, 0.2) is 97.3 Å². The maximum Gasteiger partial charge on any atom is 0.162 e. The van der Waals surface area contributed by atoms with Gasteiger partial charge in [0, 0.05) is 41.8 Å². The molecular formula is C27H24N6OS. The maximum absolute atomic E-state index is 11.4. The van der Waals surface area contributed by atoms with E-state index in [9.17, 15) is 4.21 Å². The molecule has 174 valence electrons. The van der Waals surface area contributed by atoms with Gasteiger partial charge in [0.1, 0.15) is 22.6 Å². The highest BCUT2D eigenvalue weighted by Crippen LogP contribution is 2.28. The van der Waals surface area contributed by atoms with Crippen molar-refractivity contribution >= 4 is 33.4 Å². The number of aromatic nitrogens is 4. The second-order valence-corrected chi connectivity index (χ2v) is 9.11. The summed E-state index contributed by atoms with van der Waals surface area (Å²) in [4.78, 5) is 18.7. The van der Waals surface area contributed by atoms with Crippen molar-refractivity contribution in [3.63, 3.8) is 0 Å². The molecule has 3 aromatic carbocycles. The van der Waals surface area contributed by atoms with Gasteiger partial charge in [0.05, 0.1) is 11.4 Å². The Morgan fingerprint density at radius 2 is 1.54 bits per heavy atom. The lowest BCUT2D eigenvalue weighted by molar-refractivity contribution is 0.690. The lowest BCUT2D eigenvalue weighted by Gasteiger charge is -2.18. The van der Waals surface area contributed by atoms with Crippen molar-refractivity contribution in [2.24, 2.45) is 0 Å². The van der Waals surface area contributed by atoms with Gasteiger partial charge in [0.2, 0.25) is 0 Å². The Hall–Kier alpha value is -4.17. The molecule has 0 aliphatic rings. The molecule has 35 heavy (non-hydrogen) atoms. The van der Waals surface area contributed by atoms with Crippen molar-refractivity contribution in [2.45, 2.75) is 5.92 Å². The molecule has 0 radical (unpaired) electrons. The predicted octanol–water partition coefficient (Wildman–Crippen LogP) is 5.04. The molecule has 0 aliphatic carbocycles. The first-order chi connectivity index (χ1) is 17.2. The van der Waals surface area contributed by atoms with E-state index in [1.807, 2.05) is 72.8 Å². The fourth-order valence-corrected chi connectivity index (χ4v) is 4.39. The SMILES string of the molecule is CS(=O)Nc1ccc(-c2nc(NCC(c3ccccc3)c3ncccn3)c3ccccc3n2)cc1. The maximum atomic E-state index is 11.4. The van der Waals surface area contributed by atoms with Gasteiger partial charge in [-0.15, -0.1) is 0 Å². The van der Waals surface area contributed by atoms with Gasteiger partial charge in [-0.25, -0.2) is 24.1 Å². The van der Waals surface area contributed by atoms with Crippen LogP contribution in [0.1, 0.15) is 17.3 Å². The Morgan fingerprint density at radius 3 is 2.29 bits per heavy atom. The molecule has 2 unspecified atom stereocenters. The molecule has 8 heteroatoms. The lowest BCUT2D eigenvalue weighted by Crippen LogP contribution is -2.17. The minimum absolute atomic E-state index is 0.0464. The molecule has 2 atom stereocenters. The van der Waals surface area contributed by atoms with Crippen LogP contribution in [0.2, 0.25) is 0 Å². The van der Waals surface area contributed by atoms with Crippen molar-refractivity contribution < 1.29 is 4.21 Å². The summed E-state index contributed by atoms with van der Waals surface area (Å²) in [6.45, 7) is 0.569. The molecule has 0 bridgehead atoms. The van der Waals surface area contributed by atoms with E-state index in [2.05, 4.69) is 32.1 Å². The van der Waals surface area contributed by atoms with Crippen LogP contribution in [0.5, 0.6) is 0 Å². The van der Waals surface area contributed by atoms with E-state index in [0.29, 0.717) is 12.4 Å². The minimum atomic E-state index is -1.13. The van der Waals surface area contributed by atoms with Gasteiger partial charge < -0.3 is 10.0 Å². The fraction of sp³-hybridized carbons (Fsp3) is 0.111. The zero-order valence-electron chi connectivity index (χ0n) is 19.1. The predicted molar refractivity (Wildman–Crippen MR) is 141 cm³/mol. The molecule has 0 saturated heterocycles. The molecule has 5 rings (SSSR count). The van der Waals surface area contributed by atoms with Gasteiger partial charge in [0.25, 0.3) is 0 Å². The number of anilines is 2. The zero-order valence-corrected chi connectivity index (χ0v) is 19.9. The summed E-state index contributed by atoms with van der Waals surface area (Å²) in [6, 6.07) is 27.6. The molecule has 0 spiro atoms. The third kappa shape index (κ3) is 5.33. The van der Waals surface area contributed by atoms with Crippen LogP contribution in [0, 0.1) is 0 Å². The van der Waals surface area contributed by atoms with Gasteiger partial charge in [-0.1, -0.05) is 42.5 Å². The summed E-state index contributed by atoms with van der Waals surface area (Å²) < 4.78 is 14.3. The van der Waals surface area contributed by atoms with E-state index in [1.165, 1.54) is 0 Å². The third-order valence-corrected chi connectivity index (χ3v) is 6.10. The van der Waals surface area contributed by atoms with Crippen molar-refractivity contribution in [3.8, 4) is 11.4 Å². The topological polar surface area (TPSA) is 92.7 Å². The summed E-state index contributed by atoms with van der Waals surface area (Å²) in [5.41, 5.74) is 3.63. The first-order valence-electron chi connectivity index (χ1n) is 11.2. The molecule has 0 amide bonds. The number of hydrogen-bond acceptors (Lipinski definition) is 6. The van der Waals surface area contributed by atoms with E-state index in [-0.39, 0.29) is 5.92 Å². The van der Waals surface area contributed by atoms with Crippen molar-refractivity contribution in [1.82, 2.24) is 19.9 Å². The number of para-hydroxylation sites is 1. The fourth-order valence-electron chi connectivity index (χ4n) is 3.93. The van der Waals surface area contributed by atoms with Crippen LogP contribution in [-0.4, -0.2) is 36.9 Å². The summed E-state index contributed by atoms with van der Waals surface area (Å²) in [5.74, 6) is 2.07. The van der Waals surface area contributed by atoms with Crippen LogP contribution >= 0.6 is 0 Å². The first kappa shape index (κ1) is 22.6. The highest BCUT2D eigenvalue weighted by Gasteiger charge is 2.18.